The second-order valence-corrected chi connectivity index (χ2v) is 6.23. The molecule has 0 saturated heterocycles. The van der Waals surface area contributed by atoms with E-state index in [4.69, 9.17) is 15.7 Å². The van der Waals surface area contributed by atoms with Gasteiger partial charge in [0.15, 0.2) is 5.82 Å². The number of rotatable bonds is 8. The molecule has 0 fully saturated rings. The summed E-state index contributed by atoms with van der Waals surface area (Å²) in [5, 5.41) is 16.7. The highest BCUT2D eigenvalue weighted by molar-refractivity contribution is 5.86. The molecule has 0 aliphatic heterocycles. The number of fused-ring (bicyclic) bond motifs is 1. The summed E-state index contributed by atoms with van der Waals surface area (Å²) < 4.78 is 7.34. The van der Waals surface area contributed by atoms with Gasteiger partial charge in [0, 0.05) is 12.1 Å². The number of benzene rings is 1. The zero-order chi connectivity index (χ0) is 19.2. The number of anilines is 2. The quantitative estimate of drug-likeness (QED) is 0.590. The van der Waals surface area contributed by atoms with Gasteiger partial charge in [-0.15, -0.1) is 0 Å². The molecule has 0 amide bonds. The summed E-state index contributed by atoms with van der Waals surface area (Å²) >= 11 is 0. The number of hydrogen-bond acceptors (Lipinski definition) is 7. The molecular formula is C19H23N7O. The molecule has 140 valence electrons. The monoisotopic (exact) mass is 365 g/mol. The Morgan fingerprint density at radius 1 is 1.33 bits per heavy atom. The Kier molecular flexibility index (Phi) is 5.71. The molecule has 0 bridgehead atoms. The highest BCUT2D eigenvalue weighted by Gasteiger charge is 2.14. The van der Waals surface area contributed by atoms with Crippen LogP contribution in [-0.4, -0.2) is 33.4 Å². The Balaban J connectivity index is 1.96. The third kappa shape index (κ3) is 4.08. The van der Waals surface area contributed by atoms with E-state index in [-0.39, 0.29) is 5.95 Å². The first-order valence-electron chi connectivity index (χ1n) is 8.92. The molecule has 8 nitrogen and oxygen atoms in total. The molecule has 0 aliphatic rings. The van der Waals surface area contributed by atoms with E-state index in [0.717, 1.165) is 41.8 Å². The number of methoxy groups -OCH3 is 1. The molecule has 0 radical (unpaired) electrons. The van der Waals surface area contributed by atoms with Crippen molar-refractivity contribution in [2.45, 2.75) is 32.7 Å². The number of unbranched alkanes of at least 4 members (excludes halogenated alkanes) is 1. The smallest absolute Gasteiger partial charge is 0.222 e. The van der Waals surface area contributed by atoms with Crippen molar-refractivity contribution in [3.8, 4) is 11.8 Å². The van der Waals surface area contributed by atoms with Crippen molar-refractivity contribution in [3.63, 3.8) is 0 Å². The molecule has 0 unspecified atom stereocenters. The first-order chi connectivity index (χ1) is 13.2. The fourth-order valence-corrected chi connectivity index (χ4v) is 2.93. The summed E-state index contributed by atoms with van der Waals surface area (Å²) in [5.74, 6) is 1.63. The summed E-state index contributed by atoms with van der Waals surface area (Å²) in [4.78, 5) is 8.64. The second-order valence-electron chi connectivity index (χ2n) is 6.23. The van der Waals surface area contributed by atoms with Crippen LogP contribution >= 0.6 is 0 Å². The van der Waals surface area contributed by atoms with Gasteiger partial charge in [-0.25, -0.2) is 4.98 Å². The average molecular weight is 365 g/mol. The van der Waals surface area contributed by atoms with Gasteiger partial charge in [-0.1, -0.05) is 25.5 Å². The first-order valence-corrected chi connectivity index (χ1v) is 8.92. The number of ether oxygens (including phenoxy) is 1. The van der Waals surface area contributed by atoms with Crippen molar-refractivity contribution in [1.29, 1.82) is 5.26 Å². The van der Waals surface area contributed by atoms with Crippen LogP contribution in [0.4, 0.5) is 11.8 Å². The van der Waals surface area contributed by atoms with E-state index in [1.54, 1.807) is 13.3 Å². The lowest BCUT2D eigenvalue weighted by atomic mass is 10.1. The highest BCUT2D eigenvalue weighted by Crippen LogP contribution is 2.26. The Hall–Kier alpha value is -3.34. The van der Waals surface area contributed by atoms with E-state index >= 15 is 0 Å². The van der Waals surface area contributed by atoms with Crippen LogP contribution in [0.3, 0.4) is 0 Å². The van der Waals surface area contributed by atoms with Gasteiger partial charge in [0.1, 0.15) is 16.8 Å². The van der Waals surface area contributed by atoms with Crippen LogP contribution < -0.4 is 15.8 Å². The minimum atomic E-state index is 0.222. The lowest BCUT2D eigenvalue weighted by Gasteiger charge is -2.12. The molecule has 8 heteroatoms. The molecule has 1 aromatic carbocycles. The van der Waals surface area contributed by atoms with Gasteiger partial charge in [0.05, 0.1) is 32.3 Å². The van der Waals surface area contributed by atoms with Crippen molar-refractivity contribution in [1.82, 2.24) is 19.7 Å². The summed E-state index contributed by atoms with van der Waals surface area (Å²) in [6.45, 7) is 3.44. The van der Waals surface area contributed by atoms with Crippen LogP contribution in [-0.2, 0) is 13.0 Å². The van der Waals surface area contributed by atoms with Crippen LogP contribution in [0.15, 0.2) is 24.4 Å². The molecular weight excluding hydrogens is 342 g/mol. The summed E-state index contributed by atoms with van der Waals surface area (Å²) in [7, 11) is 1.62. The Morgan fingerprint density at radius 2 is 2.19 bits per heavy atom. The number of nitrogen functional groups attached to an aromatic ring is 1. The fraction of sp³-hybridized carbons (Fsp3) is 0.368. The maximum Gasteiger partial charge on any atom is 0.222 e. The van der Waals surface area contributed by atoms with Crippen LogP contribution in [0.1, 0.15) is 30.9 Å². The van der Waals surface area contributed by atoms with Gasteiger partial charge in [-0.2, -0.15) is 15.3 Å². The molecule has 27 heavy (non-hydrogen) atoms. The van der Waals surface area contributed by atoms with Crippen LogP contribution in [0, 0.1) is 11.3 Å². The SMILES string of the molecule is CCCCNc1nc(N)nc2cnn(Cc3ccc(CC#N)cc3OC)c12. The largest absolute Gasteiger partial charge is 0.496 e. The normalized spacial score (nSPS) is 10.7. The number of nitrogens with zero attached hydrogens (tertiary/aromatic N) is 5. The first kappa shape index (κ1) is 18.5. The summed E-state index contributed by atoms with van der Waals surface area (Å²) in [6.07, 6.45) is 4.16. The van der Waals surface area contributed by atoms with Gasteiger partial charge >= 0.3 is 0 Å². The Morgan fingerprint density at radius 3 is 2.93 bits per heavy atom. The molecule has 3 N–H and O–H groups in total. The van der Waals surface area contributed by atoms with Gasteiger partial charge in [0.2, 0.25) is 5.95 Å². The molecule has 0 aliphatic carbocycles. The fourth-order valence-electron chi connectivity index (χ4n) is 2.93. The van der Waals surface area contributed by atoms with Crippen LogP contribution in [0.5, 0.6) is 5.75 Å². The Bertz CT molecular complexity index is 974. The van der Waals surface area contributed by atoms with Gasteiger partial charge in [0.25, 0.3) is 0 Å². The van der Waals surface area contributed by atoms with E-state index < -0.39 is 0 Å². The van der Waals surface area contributed by atoms with E-state index in [1.165, 1.54) is 0 Å². The van der Waals surface area contributed by atoms with Gasteiger partial charge in [-0.3, -0.25) is 4.68 Å². The zero-order valence-electron chi connectivity index (χ0n) is 15.6. The Labute approximate surface area is 158 Å². The number of nitrogens with two attached hydrogens (primary N) is 1. The van der Waals surface area contributed by atoms with E-state index in [9.17, 15) is 0 Å². The highest BCUT2D eigenvalue weighted by atomic mass is 16.5. The number of hydrogen-bond donors (Lipinski definition) is 2. The standard InChI is InChI=1S/C19H23N7O/c1-3-4-9-22-18-17-15(24-19(21)25-18)11-23-26(17)12-14-6-5-13(7-8-20)10-16(14)27-2/h5-6,10-11H,3-4,7,9,12H2,1-2H3,(H3,21,22,24,25). The predicted molar refractivity (Wildman–Crippen MR) is 105 cm³/mol. The van der Waals surface area contributed by atoms with Crippen molar-refractivity contribution < 1.29 is 4.74 Å². The van der Waals surface area contributed by atoms with E-state index in [0.29, 0.717) is 24.3 Å². The molecule has 3 aromatic rings. The lowest BCUT2D eigenvalue weighted by Crippen LogP contribution is -2.10. The second kappa shape index (κ2) is 8.36. The molecule has 2 heterocycles. The lowest BCUT2D eigenvalue weighted by molar-refractivity contribution is 0.407. The summed E-state index contributed by atoms with van der Waals surface area (Å²) in [5.41, 5.74) is 9.22. The molecule has 0 spiro atoms. The van der Waals surface area contributed by atoms with Crippen LogP contribution in [0.25, 0.3) is 11.0 Å². The van der Waals surface area contributed by atoms with Gasteiger partial charge < -0.3 is 15.8 Å². The van der Waals surface area contributed by atoms with E-state index in [1.807, 2.05) is 22.9 Å². The van der Waals surface area contributed by atoms with Crippen molar-refractivity contribution >= 4 is 22.8 Å². The molecule has 2 aromatic heterocycles. The third-order valence-corrected chi connectivity index (χ3v) is 4.28. The van der Waals surface area contributed by atoms with Crippen LogP contribution in [0.2, 0.25) is 0 Å². The van der Waals surface area contributed by atoms with Crippen molar-refractivity contribution in [3.05, 3.63) is 35.5 Å². The molecule has 0 atom stereocenters. The van der Waals surface area contributed by atoms with Crippen molar-refractivity contribution in [2.75, 3.05) is 24.7 Å². The molecule has 3 rings (SSSR count). The van der Waals surface area contributed by atoms with E-state index in [2.05, 4.69) is 33.4 Å². The average Bonchev–Trinajstić information content (AvgIpc) is 3.06. The minimum absolute atomic E-state index is 0.222. The predicted octanol–water partition coefficient (Wildman–Crippen LogP) is 2.74. The van der Waals surface area contributed by atoms with Gasteiger partial charge in [-0.05, 0) is 18.1 Å². The minimum Gasteiger partial charge on any atom is -0.496 e. The van der Waals surface area contributed by atoms with Crippen molar-refractivity contribution in [2.24, 2.45) is 0 Å². The number of nitriles is 1. The topological polar surface area (TPSA) is 115 Å². The zero-order valence-corrected chi connectivity index (χ0v) is 15.6. The maximum absolute atomic E-state index is 8.88. The number of nitrogens with one attached hydrogen (secondary N) is 1. The third-order valence-electron chi connectivity index (χ3n) is 4.28. The molecule has 0 saturated carbocycles. The maximum atomic E-state index is 8.88. The number of aromatic nitrogens is 4. The summed E-state index contributed by atoms with van der Waals surface area (Å²) in [6, 6.07) is 7.93.